The molecule has 1 aromatic rings. The van der Waals surface area contributed by atoms with Gasteiger partial charge in [-0.15, -0.1) is 0 Å². The van der Waals surface area contributed by atoms with E-state index >= 15 is 0 Å². The van der Waals surface area contributed by atoms with Gasteiger partial charge < -0.3 is 4.74 Å². The van der Waals surface area contributed by atoms with E-state index in [1.54, 1.807) is 0 Å². The standard InChI is InChI=1S/C9H7BrO/c10-7-3-1-2-5-6(7)4-8-9(5)11-8/h1-3,8-9H,4H2. The summed E-state index contributed by atoms with van der Waals surface area (Å²) in [5.74, 6) is 0. The summed E-state index contributed by atoms with van der Waals surface area (Å²) in [6.07, 6.45) is 2.03. The summed E-state index contributed by atoms with van der Waals surface area (Å²) in [6, 6.07) is 6.34. The lowest BCUT2D eigenvalue weighted by molar-refractivity contribution is 0.360. The van der Waals surface area contributed by atoms with Gasteiger partial charge in [0.15, 0.2) is 0 Å². The minimum Gasteiger partial charge on any atom is -0.364 e. The lowest BCUT2D eigenvalue weighted by Gasteiger charge is -2.02. The van der Waals surface area contributed by atoms with Gasteiger partial charge in [-0.05, 0) is 17.2 Å². The van der Waals surface area contributed by atoms with Crippen LogP contribution >= 0.6 is 15.9 Å². The van der Waals surface area contributed by atoms with Crippen LogP contribution in [0.25, 0.3) is 0 Å². The number of ether oxygens (including phenoxy) is 1. The molecule has 56 valence electrons. The molecular weight excluding hydrogens is 204 g/mol. The summed E-state index contributed by atoms with van der Waals surface area (Å²) in [6.45, 7) is 0. The normalized spacial score (nSPS) is 31.4. The summed E-state index contributed by atoms with van der Waals surface area (Å²) in [5.41, 5.74) is 2.85. The van der Waals surface area contributed by atoms with Crippen molar-refractivity contribution in [2.75, 3.05) is 0 Å². The van der Waals surface area contributed by atoms with Crippen LogP contribution in [0.5, 0.6) is 0 Å². The fourth-order valence-corrected chi connectivity index (χ4v) is 2.37. The van der Waals surface area contributed by atoms with E-state index in [1.165, 1.54) is 15.6 Å². The Morgan fingerprint density at radius 2 is 2.36 bits per heavy atom. The maximum atomic E-state index is 5.41. The van der Waals surface area contributed by atoms with Crippen molar-refractivity contribution >= 4 is 15.9 Å². The molecule has 1 fully saturated rings. The van der Waals surface area contributed by atoms with Gasteiger partial charge in [-0.25, -0.2) is 0 Å². The molecule has 2 aliphatic rings. The molecule has 0 bridgehead atoms. The maximum absolute atomic E-state index is 5.41. The quantitative estimate of drug-likeness (QED) is 0.600. The first kappa shape index (κ1) is 6.21. The smallest absolute Gasteiger partial charge is 0.110 e. The number of epoxide rings is 1. The number of benzene rings is 1. The molecule has 1 aromatic carbocycles. The van der Waals surface area contributed by atoms with Crippen LogP contribution in [0.15, 0.2) is 22.7 Å². The van der Waals surface area contributed by atoms with Gasteiger partial charge in [0.2, 0.25) is 0 Å². The highest BCUT2D eigenvalue weighted by atomic mass is 79.9. The molecule has 1 nitrogen and oxygen atoms in total. The third-order valence-electron chi connectivity index (χ3n) is 2.45. The number of hydrogen-bond donors (Lipinski definition) is 0. The lowest BCUT2D eigenvalue weighted by atomic mass is 10.1. The summed E-state index contributed by atoms with van der Waals surface area (Å²) in [5, 5.41) is 0. The van der Waals surface area contributed by atoms with E-state index in [0.717, 1.165) is 6.42 Å². The SMILES string of the molecule is Brc1cccc2c1CC1OC21. The van der Waals surface area contributed by atoms with E-state index in [2.05, 4.69) is 34.1 Å². The third-order valence-corrected chi connectivity index (χ3v) is 3.19. The molecule has 2 heteroatoms. The van der Waals surface area contributed by atoms with Crippen LogP contribution in [-0.2, 0) is 11.2 Å². The maximum Gasteiger partial charge on any atom is 0.110 e. The van der Waals surface area contributed by atoms with E-state index in [-0.39, 0.29) is 0 Å². The molecule has 1 aliphatic carbocycles. The van der Waals surface area contributed by atoms with Gasteiger partial charge in [0, 0.05) is 10.9 Å². The molecule has 1 saturated heterocycles. The summed E-state index contributed by atoms with van der Waals surface area (Å²) >= 11 is 3.54. The summed E-state index contributed by atoms with van der Waals surface area (Å²) in [4.78, 5) is 0. The zero-order valence-corrected chi connectivity index (χ0v) is 7.47. The van der Waals surface area contributed by atoms with Crippen LogP contribution in [0.3, 0.4) is 0 Å². The second-order valence-electron chi connectivity index (χ2n) is 3.11. The number of rotatable bonds is 0. The van der Waals surface area contributed by atoms with Crippen molar-refractivity contribution in [2.45, 2.75) is 18.6 Å². The molecule has 0 spiro atoms. The highest BCUT2D eigenvalue weighted by Gasteiger charge is 2.47. The first-order valence-corrected chi connectivity index (χ1v) is 4.58. The highest BCUT2D eigenvalue weighted by molar-refractivity contribution is 9.10. The van der Waals surface area contributed by atoms with Gasteiger partial charge in [-0.1, -0.05) is 28.1 Å². The lowest BCUT2D eigenvalue weighted by Crippen LogP contribution is -1.89. The van der Waals surface area contributed by atoms with Crippen LogP contribution in [0.1, 0.15) is 17.2 Å². The van der Waals surface area contributed by atoms with E-state index in [1.807, 2.05) is 0 Å². The van der Waals surface area contributed by atoms with Crippen molar-refractivity contribution in [2.24, 2.45) is 0 Å². The zero-order valence-electron chi connectivity index (χ0n) is 5.88. The molecule has 2 unspecified atom stereocenters. The summed E-state index contributed by atoms with van der Waals surface area (Å²) in [7, 11) is 0. The van der Waals surface area contributed by atoms with Gasteiger partial charge in [-0.3, -0.25) is 0 Å². The summed E-state index contributed by atoms with van der Waals surface area (Å²) < 4.78 is 6.65. The Bertz CT molecular complexity index is 321. The average molecular weight is 211 g/mol. The monoisotopic (exact) mass is 210 g/mol. The fourth-order valence-electron chi connectivity index (χ4n) is 1.83. The van der Waals surface area contributed by atoms with Gasteiger partial charge in [0.25, 0.3) is 0 Å². The second-order valence-corrected chi connectivity index (χ2v) is 3.96. The van der Waals surface area contributed by atoms with E-state index < -0.39 is 0 Å². The molecule has 1 aliphatic heterocycles. The van der Waals surface area contributed by atoms with Crippen LogP contribution < -0.4 is 0 Å². The number of halogens is 1. The zero-order chi connectivity index (χ0) is 7.42. The van der Waals surface area contributed by atoms with Crippen molar-refractivity contribution in [3.05, 3.63) is 33.8 Å². The van der Waals surface area contributed by atoms with Crippen molar-refractivity contribution in [3.63, 3.8) is 0 Å². The van der Waals surface area contributed by atoms with Crippen molar-refractivity contribution in [3.8, 4) is 0 Å². The predicted octanol–water partition coefficient (Wildman–Crippen LogP) is 2.45. The fraction of sp³-hybridized carbons (Fsp3) is 0.333. The second kappa shape index (κ2) is 1.87. The molecular formula is C9H7BrO. The first-order valence-electron chi connectivity index (χ1n) is 3.79. The van der Waals surface area contributed by atoms with E-state index in [0.29, 0.717) is 12.2 Å². The molecule has 0 N–H and O–H groups in total. The largest absolute Gasteiger partial charge is 0.364 e. The third kappa shape index (κ3) is 0.741. The van der Waals surface area contributed by atoms with Crippen molar-refractivity contribution in [1.82, 2.24) is 0 Å². The van der Waals surface area contributed by atoms with Crippen molar-refractivity contribution < 1.29 is 4.74 Å². The molecule has 2 atom stereocenters. The first-order chi connectivity index (χ1) is 5.36. The average Bonchev–Trinajstić information content (AvgIpc) is 2.67. The minimum absolute atomic E-state index is 0.433. The Morgan fingerprint density at radius 3 is 3.18 bits per heavy atom. The van der Waals surface area contributed by atoms with Crippen LogP contribution in [0.2, 0.25) is 0 Å². The van der Waals surface area contributed by atoms with Gasteiger partial charge >= 0.3 is 0 Å². The van der Waals surface area contributed by atoms with Crippen LogP contribution in [-0.4, -0.2) is 6.10 Å². The topological polar surface area (TPSA) is 12.5 Å². The molecule has 3 rings (SSSR count). The Kier molecular flexibility index (Phi) is 1.06. The van der Waals surface area contributed by atoms with Crippen molar-refractivity contribution in [1.29, 1.82) is 0 Å². The molecule has 0 amide bonds. The Balaban J connectivity index is 2.24. The van der Waals surface area contributed by atoms with Crippen LogP contribution in [0, 0.1) is 0 Å². The molecule has 0 saturated carbocycles. The predicted molar refractivity (Wildman–Crippen MR) is 45.5 cm³/mol. The van der Waals surface area contributed by atoms with Gasteiger partial charge in [-0.2, -0.15) is 0 Å². The van der Waals surface area contributed by atoms with Crippen LogP contribution in [0.4, 0.5) is 0 Å². The molecule has 1 heterocycles. The number of fused-ring (bicyclic) bond motifs is 3. The number of hydrogen-bond acceptors (Lipinski definition) is 1. The Morgan fingerprint density at radius 1 is 1.45 bits per heavy atom. The van der Waals surface area contributed by atoms with Gasteiger partial charge in [0.05, 0.1) is 6.10 Å². The Hall–Kier alpha value is -0.340. The van der Waals surface area contributed by atoms with Gasteiger partial charge in [0.1, 0.15) is 6.10 Å². The molecule has 11 heavy (non-hydrogen) atoms. The molecule has 0 radical (unpaired) electrons. The van der Waals surface area contributed by atoms with E-state index in [9.17, 15) is 0 Å². The highest BCUT2D eigenvalue weighted by Crippen LogP contribution is 2.50. The van der Waals surface area contributed by atoms with E-state index in [4.69, 9.17) is 4.74 Å². The Labute approximate surface area is 73.5 Å². The minimum atomic E-state index is 0.433. The molecule has 0 aromatic heterocycles.